The molecule has 1 aliphatic rings. The minimum Gasteiger partial charge on any atom is -0.450 e. The SMILES string of the molecule is CCOC(=O)N1CCN(S(=O)(=O)c2ccc(F)cc2Cl)CC1. The van der Waals surface area contributed by atoms with Crippen LogP contribution in [0.4, 0.5) is 9.18 Å². The molecule has 122 valence electrons. The van der Waals surface area contributed by atoms with E-state index in [0.29, 0.717) is 0 Å². The molecule has 1 amide bonds. The van der Waals surface area contributed by atoms with E-state index in [9.17, 15) is 17.6 Å². The number of carbonyl (C=O) groups excluding carboxylic acids is 1. The summed E-state index contributed by atoms with van der Waals surface area (Å²) in [4.78, 5) is 12.9. The summed E-state index contributed by atoms with van der Waals surface area (Å²) in [5.74, 6) is -0.601. The molecule has 22 heavy (non-hydrogen) atoms. The molecule has 0 bridgehead atoms. The van der Waals surface area contributed by atoms with Crippen molar-refractivity contribution in [1.29, 1.82) is 0 Å². The summed E-state index contributed by atoms with van der Waals surface area (Å²) in [6.45, 7) is 2.70. The summed E-state index contributed by atoms with van der Waals surface area (Å²) in [5, 5.41) is -0.159. The van der Waals surface area contributed by atoms with Gasteiger partial charge in [-0.2, -0.15) is 4.31 Å². The third kappa shape index (κ3) is 3.50. The molecule has 1 aliphatic heterocycles. The van der Waals surface area contributed by atoms with Crippen molar-refractivity contribution in [2.75, 3.05) is 32.8 Å². The molecule has 0 aliphatic carbocycles. The maximum absolute atomic E-state index is 13.0. The van der Waals surface area contributed by atoms with Crippen molar-refractivity contribution < 1.29 is 22.3 Å². The lowest BCUT2D eigenvalue weighted by Gasteiger charge is -2.33. The Hall–Kier alpha value is -1.38. The molecule has 0 radical (unpaired) electrons. The second kappa shape index (κ2) is 6.80. The number of ether oxygens (including phenoxy) is 1. The highest BCUT2D eigenvalue weighted by atomic mass is 35.5. The third-order valence-electron chi connectivity index (χ3n) is 3.28. The molecule has 1 saturated heterocycles. The molecule has 0 N–H and O–H groups in total. The van der Waals surface area contributed by atoms with Crippen LogP contribution in [0.3, 0.4) is 0 Å². The molecular weight excluding hydrogens is 335 g/mol. The fourth-order valence-corrected chi connectivity index (χ4v) is 4.08. The normalized spacial score (nSPS) is 16.6. The minimum absolute atomic E-state index is 0.134. The number of halogens is 2. The van der Waals surface area contributed by atoms with Gasteiger partial charge < -0.3 is 9.64 Å². The highest BCUT2D eigenvalue weighted by molar-refractivity contribution is 7.89. The summed E-state index contributed by atoms with van der Waals surface area (Å²) >= 11 is 5.82. The van der Waals surface area contributed by atoms with Crippen LogP contribution < -0.4 is 0 Å². The van der Waals surface area contributed by atoms with Gasteiger partial charge in [0.15, 0.2) is 0 Å². The van der Waals surface area contributed by atoms with Crippen LogP contribution in [0.25, 0.3) is 0 Å². The topological polar surface area (TPSA) is 66.9 Å². The Morgan fingerprint density at radius 3 is 2.50 bits per heavy atom. The van der Waals surface area contributed by atoms with E-state index in [1.807, 2.05) is 0 Å². The maximum Gasteiger partial charge on any atom is 0.409 e. The lowest BCUT2D eigenvalue weighted by Crippen LogP contribution is -2.50. The molecule has 0 unspecified atom stereocenters. The summed E-state index contributed by atoms with van der Waals surface area (Å²) in [7, 11) is -3.81. The van der Waals surface area contributed by atoms with Crippen LogP contribution in [0.2, 0.25) is 5.02 Å². The number of piperazine rings is 1. The van der Waals surface area contributed by atoms with Gasteiger partial charge in [-0.15, -0.1) is 0 Å². The van der Waals surface area contributed by atoms with Crippen LogP contribution >= 0.6 is 11.6 Å². The monoisotopic (exact) mass is 350 g/mol. The lowest BCUT2D eigenvalue weighted by molar-refractivity contribution is 0.0934. The van der Waals surface area contributed by atoms with Gasteiger partial charge >= 0.3 is 6.09 Å². The van der Waals surface area contributed by atoms with E-state index >= 15 is 0 Å². The van der Waals surface area contributed by atoms with Gasteiger partial charge in [0.2, 0.25) is 10.0 Å². The van der Waals surface area contributed by atoms with E-state index in [2.05, 4.69) is 0 Å². The molecule has 1 aromatic carbocycles. The smallest absolute Gasteiger partial charge is 0.409 e. The Kier molecular flexibility index (Phi) is 5.25. The maximum atomic E-state index is 13.0. The van der Waals surface area contributed by atoms with Gasteiger partial charge in [-0.3, -0.25) is 0 Å². The van der Waals surface area contributed by atoms with Crippen molar-refractivity contribution in [1.82, 2.24) is 9.21 Å². The zero-order valence-corrected chi connectivity index (χ0v) is 13.5. The molecule has 0 atom stereocenters. The lowest BCUT2D eigenvalue weighted by atomic mass is 10.3. The van der Waals surface area contributed by atoms with Crippen molar-refractivity contribution in [2.45, 2.75) is 11.8 Å². The Morgan fingerprint density at radius 1 is 1.32 bits per heavy atom. The van der Waals surface area contributed by atoms with Crippen LogP contribution in [-0.2, 0) is 14.8 Å². The number of carbonyl (C=O) groups is 1. The number of nitrogens with zero attached hydrogens (tertiary/aromatic N) is 2. The molecule has 9 heteroatoms. The summed E-state index contributed by atoms with van der Waals surface area (Å²) in [6, 6.07) is 3.15. The summed E-state index contributed by atoms with van der Waals surface area (Å²) < 4.78 is 44.2. The highest BCUT2D eigenvalue weighted by Crippen LogP contribution is 2.26. The van der Waals surface area contributed by atoms with E-state index < -0.39 is 21.9 Å². The van der Waals surface area contributed by atoms with Gasteiger partial charge in [0, 0.05) is 26.2 Å². The fourth-order valence-electron chi connectivity index (χ4n) is 2.15. The predicted octanol–water partition coefficient (Wildman–Crippen LogP) is 1.94. The molecule has 1 fully saturated rings. The second-order valence-corrected chi connectivity index (χ2v) is 6.98. The van der Waals surface area contributed by atoms with Crippen molar-refractivity contribution in [2.24, 2.45) is 0 Å². The molecule has 2 rings (SSSR count). The minimum atomic E-state index is -3.81. The molecule has 0 spiro atoms. The van der Waals surface area contributed by atoms with Crippen LogP contribution in [-0.4, -0.2) is 56.5 Å². The van der Waals surface area contributed by atoms with Crippen LogP contribution in [0.1, 0.15) is 6.92 Å². The van der Waals surface area contributed by atoms with E-state index in [1.54, 1.807) is 6.92 Å². The molecular formula is C13H16ClFN2O4S. The largest absolute Gasteiger partial charge is 0.450 e. The second-order valence-electron chi connectivity index (χ2n) is 4.66. The first-order valence-electron chi connectivity index (χ1n) is 6.73. The summed E-state index contributed by atoms with van der Waals surface area (Å²) in [6.07, 6.45) is -0.459. The Balaban J connectivity index is 2.11. The average Bonchev–Trinajstić information content (AvgIpc) is 2.47. The molecule has 0 saturated carbocycles. The first-order chi connectivity index (χ1) is 10.4. The highest BCUT2D eigenvalue weighted by Gasteiger charge is 2.31. The zero-order chi connectivity index (χ0) is 16.3. The number of hydrogen-bond acceptors (Lipinski definition) is 4. The van der Waals surface area contributed by atoms with Crippen molar-refractivity contribution in [3.63, 3.8) is 0 Å². The average molecular weight is 351 g/mol. The Morgan fingerprint density at radius 2 is 1.95 bits per heavy atom. The zero-order valence-electron chi connectivity index (χ0n) is 12.0. The first-order valence-corrected chi connectivity index (χ1v) is 8.55. The molecule has 6 nitrogen and oxygen atoms in total. The van der Waals surface area contributed by atoms with E-state index in [1.165, 1.54) is 9.21 Å². The van der Waals surface area contributed by atoms with Gasteiger partial charge in [0.1, 0.15) is 10.7 Å². The number of sulfonamides is 1. The van der Waals surface area contributed by atoms with Gasteiger partial charge in [0.05, 0.1) is 11.6 Å². The van der Waals surface area contributed by atoms with Crippen LogP contribution in [0.15, 0.2) is 23.1 Å². The Labute approximate surface area is 133 Å². The third-order valence-corrected chi connectivity index (χ3v) is 5.66. The van der Waals surface area contributed by atoms with E-state index in [-0.39, 0.29) is 42.7 Å². The Bertz CT molecular complexity index is 660. The fraction of sp³-hybridized carbons (Fsp3) is 0.462. The van der Waals surface area contributed by atoms with Crippen LogP contribution in [0.5, 0.6) is 0 Å². The van der Waals surface area contributed by atoms with Gasteiger partial charge in [0.25, 0.3) is 0 Å². The first kappa shape index (κ1) is 17.0. The quantitative estimate of drug-likeness (QED) is 0.835. The van der Waals surface area contributed by atoms with Gasteiger partial charge in [-0.05, 0) is 25.1 Å². The van der Waals surface area contributed by atoms with Gasteiger partial charge in [-0.1, -0.05) is 11.6 Å². The number of rotatable bonds is 3. The molecule has 1 heterocycles. The predicted molar refractivity (Wildman–Crippen MR) is 78.8 cm³/mol. The van der Waals surface area contributed by atoms with Gasteiger partial charge in [-0.25, -0.2) is 17.6 Å². The molecule has 1 aromatic rings. The number of hydrogen-bond donors (Lipinski definition) is 0. The molecule has 0 aromatic heterocycles. The number of amides is 1. The van der Waals surface area contributed by atoms with Crippen molar-refractivity contribution >= 4 is 27.7 Å². The van der Waals surface area contributed by atoms with E-state index in [4.69, 9.17) is 16.3 Å². The van der Waals surface area contributed by atoms with Crippen LogP contribution in [0, 0.1) is 5.82 Å². The number of benzene rings is 1. The van der Waals surface area contributed by atoms with Crippen molar-refractivity contribution in [3.8, 4) is 0 Å². The van der Waals surface area contributed by atoms with E-state index in [0.717, 1.165) is 18.2 Å². The van der Waals surface area contributed by atoms with Crippen molar-refractivity contribution in [3.05, 3.63) is 29.0 Å². The standard InChI is InChI=1S/C13H16ClFN2O4S/c1-2-21-13(18)16-5-7-17(8-6-16)22(19,20)12-4-3-10(15)9-11(12)14/h3-4,9H,2,5-8H2,1H3. The summed E-state index contributed by atoms with van der Waals surface area (Å²) in [5.41, 5.74) is 0.